The fourth-order valence-electron chi connectivity index (χ4n) is 2.29. The zero-order valence-corrected chi connectivity index (χ0v) is 12.9. The van der Waals surface area contributed by atoms with Crippen LogP contribution in [0.4, 0.5) is 11.6 Å². The van der Waals surface area contributed by atoms with Crippen LogP contribution in [0.1, 0.15) is 27.2 Å². The first-order chi connectivity index (χ1) is 10.2. The van der Waals surface area contributed by atoms with Crippen LogP contribution >= 0.6 is 0 Å². The third-order valence-electron chi connectivity index (χ3n) is 3.65. The van der Waals surface area contributed by atoms with E-state index in [9.17, 15) is 0 Å². The lowest BCUT2D eigenvalue weighted by molar-refractivity contribution is 0.623. The smallest absolute Gasteiger partial charge is 0.163 e. The van der Waals surface area contributed by atoms with Gasteiger partial charge in [-0.05, 0) is 20.3 Å². The Morgan fingerprint density at radius 2 is 1.90 bits per heavy atom. The van der Waals surface area contributed by atoms with Crippen LogP contribution in [0.2, 0.25) is 0 Å². The van der Waals surface area contributed by atoms with Crippen molar-refractivity contribution in [1.29, 1.82) is 0 Å². The molecule has 0 fully saturated rings. The van der Waals surface area contributed by atoms with Crippen LogP contribution in [0.3, 0.4) is 0 Å². The number of rotatable bonds is 6. The number of aromatic nitrogens is 2. The van der Waals surface area contributed by atoms with Gasteiger partial charge in [-0.3, -0.25) is 0 Å². The number of nitrogen functional groups attached to an aromatic ring is 1. The maximum atomic E-state index is 5.56. The van der Waals surface area contributed by atoms with Crippen LogP contribution in [0, 0.1) is 0 Å². The lowest BCUT2D eigenvalue weighted by Gasteiger charge is -2.28. The van der Waals surface area contributed by atoms with E-state index in [2.05, 4.69) is 36.1 Å². The van der Waals surface area contributed by atoms with Gasteiger partial charge in [0.15, 0.2) is 5.82 Å². The molecular weight excluding hydrogens is 262 g/mol. The Hall–Kier alpha value is -2.14. The molecule has 3 N–H and O–H groups in total. The average molecular weight is 285 g/mol. The minimum absolute atomic E-state index is 0.416. The van der Waals surface area contributed by atoms with E-state index >= 15 is 0 Å². The summed E-state index contributed by atoms with van der Waals surface area (Å²) in [5.41, 5.74) is 3.62. The van der Waals surface area contributed by atoms with Crippen molar-refractivity contribution < 1.29 is 0 Å². The fourth-order valence-corrected chi connectivity index (χ4v) is 2.29. The third-order valence-corrected chi connectivity index (χ3v) is 3.65. The summed E-state index contributed by atoms with van der Waals surface area (Å²) in [5, 5.41) is 0. The fraction of sp³-hybridized carbons (Fsp3) is 0.375. The lowest BCUT2D eigenvalue weighted by atomic mass is 10.2. The van der Waals surface area contributed by atoms with Crippen molar-refractivity contribution in [3.8, 4) is 11.4 Å². The van der Waals surface area contributed by atoms with Crippen LogP contribution in [0.5, 0.6) is 0 Å². The first kappa shape index (κ1) is 15.3. The monoisotopic (exact) mass is 285 g/mol. The molecular formula is C16H23N5. The van der Waals surface area contributed by atoms with Gasteiger partial charge in [-0.25, -0.2) is 15.8 Å². The highest BCUT2D eigenvalue weighted by Gasteiger charge is 2.15. The van der Waals surface area contributed by atoms with E-state index in [1.807, 2.05) is 36.4 Å². The molecule has 5 heteroatoms. The molecule has 1 aromatic heterocycles. The first-order valence-electron chi connectivity index (χ1n) is 7.37. The number of nitrogens with two attached hydrogens (primary N) is 1. The number of benzene rings is 1. The van der Waals surface area contributed by atoms with Crippen LogP contribution in [0.15, 0.2) is 36.4 Å². The Kier molecular flexibility index (Phi) is 5.11. The molecule has 0 bridgehead atoms. The minimum atomic E-state index is 0.416. The van der Waals surface area contributed by atoms with Crippen molar-refractivity contribution in [3.05, 3.63) is 36.4 Å². The summed E-state index contributed by atoms with van der Waals surface area (Å²) in [5.74, 6) is 7.76. The molecule has 2 rings (SSSR count). The van der Waals surface area contributed by atoms with Crippen molar-refractivity contribution in [1.82, 2.24) is 9.97 Å². The van der Waals surface area contributed by atoms with Crippen molar-refractivity contribution in [2.75, 3.05) is 16.9 Å². The molecule has 2 aromatic rings. The van der Waals surface area contributed by atoms with E-state index in [1.54, 1.807) is 0 Å². The predicted molar refractivity (Wildman–Crippen MR) is 88.1 cm³/mol. The molecule has 21 heavy (non-hydrogen) atoms. The van der Waals surface area contributed by atoms with Gasteiger partial charge >= 0.3 is 0 Å². The molecule has 1 aromatic carbocycles. The summed E-state index contributed by atoms with van der Waals surface area (Å²) in [7, 11) is 0. The van der Waals surface area contributed by atoms with Crippen molar-refractivity contribution in [2.24, 2.45) is 5.84 Å². The molecule has 112 valence electrons. The second-order valence-corrected chi connectivity index (χ2v) is 4.99. The molecule has 1 heterocycles. The van der Waals surface area contributed by atoms with Gasteiger partial charge in [0.1, 0.15) is 11.6 Å². The second-order valence-electron chi connectivity index (χ2n) is 4.99. The molecule has 0 aliphatic carbocycles. The average Bonchev–Trinajstić information content (AvgIpc) is 2.55. The SMILES string of the molecule is CCC(C)N(CC)c1cc(NN)nc(-c2ccccc2)n1. The summed E-state index contributed by atoms with van der Waals surface area (Å²) >= 11 is 0. The number of nitrogens with zero attached hydrogens (tertiary/aromatic N) is 3. The van der Waals surface area contributed by atoms with Crippen LogP contribution in [-0.4, -0.2) is 22.6 Å². The topological polar surface area (TPSA) is 67.1 Å². The Bertz CT molecular complexity index is 570. The number of hydrogen-bond acceptors (Lipinski definition) is 5. The zero-order chi connectivity index (χ0) is 15.2. The molecule has 5 nitrogen and oxygen atoms in total. The van der Waals surface area contributed by atoms with Gasteiger partial charge in [-0.2, -0.15) is 0 Å². The van der Waals surface area contributed by atoms with Crippen LogP contribution < -0.4 is 16.2 Å². The number of nitrogens with one attached hydrogen (secondary N) is 1. The normalized spacial score (nSPS) is 12.0. The van der Waals surface area contributed by atoms with Gasteiger partial charge in [0.25, 0.3) is 0 Å². The third kappa shape index (κ3) is 3.49. The summed E-state index contributed by atoms with van der Waals surface area (Å²) < 4.78 is 0. The van der Waals surface area contributed by atoms with Gasteiger partial charge in [0, 0.05) is 24.2 Å². The second kappa shape index (κ2) is 7.04. The Morgan fingerprint density at radius 1 is 1.19 bits per heavy atom. The molecule has 1 atom stereocenters. The summed E-state index contributed by atoms with van der Waals surface area (Å²) in [6.45, 7) is 7.40. The summed E-state index contributed by atoms with van der Waals surface area (Å²) in [4.78, 5) is 11.4. The van der Waals surface area contributed by atoms with Crippen molar-refractivity contribution in [2.45, 2.75) is 33.2 Å². The Morgan fingerprint density at radius 3 is 2.48 bits per heavy atom. The molecule has 0 spiro atoms. The Labute approximate surface area is 126 Å². The molecule has 0 aliphatic rings. The van der Waals surface area contributed by atoms with Gasteiger partial charge in [-0.15, -0.1) is 0 Å². The highest BCUT2D eigenvalue weighted by molar-refractivity contribution is 5.61. The van der Waals surface area contributed by atoms with E-state index in [-0.39, 0.29) is 0 Å². The van der Waals surface area contributed by atoms with Crippen molar-refractivity contribution in [3.63, 3.8) is 0 Å². The minimum Gasteiger partial charge on any atom is -0.354 e. The number of anilines is 2. The van der Waals surface area contributed by atoms with E-state index in [1.165, 1.54) is 0 Å². The quantitative estimate of drug-likeness (QED) is 0.630. The number of hydrogen-bond donors (Lipinski definition) is 2. The summed E-state index contributed by atoms with van der Waals surface area (Å²) in [6.07, 6.45) is 1.06. The maximum Gasteiger partial charge on any atom is 0.163 e. The standard InChI is InChI=1S/C16H23N5/c1-4-12(3)21(5-2)15-11-14(20-17)18-16(19-15)13-9-7-6-8-10-13/h6-12H,4-5,17H2,1-3H3,(H,18,19,20). The number of hydrazine groups is 1. The van der Waals surface area contributed by atoms with Crippen LogP contribution in [0.25, 0.3) is 11.4 Å². The summed E-state index contributed by atoms with van der Waals surface area (Å²) in [6, 6.07) is 12.2. The maximum absolute atomic E-state index is 5.56. The molecule has 0 saturated heterocycles. The van der Waals surface area contributed by atoms with E-state index in [0.29, 0.717) is 17.7 Å². The molecule has 0 saturated carbocycles. The predicted octanol–water partition coefficient (Wildman–Crippen LogP) is 3.05. The molecule has 0 radical (unpaired) electrons. The largest absolute Gasteiger partial charge is 0.354 e. The Balaban J connectivity index is 2.47. The van der Waals surface area contributed by atoms with Gasteiger partial charge < -0.3 is 10.3 Å². The van der Waals surface area contributed by atoms with Gasteiger partial charge in [0.05, 0.1) is 0 Å². The van der Waals surface area contributed by atoms with Gasteiger partial charge in [-0.1, -0.05) is 37.3 Å². The first-order valence-corrected chi connectivity index (χ1v) is 7.37. The molecule has 1 unspecified atom stereocenters. The van der Waals surface area contributed by atoms with E-state index < -0.39 is 0 Å². The van der Waals surface area contributed by atoms with Gasteiger partial charge in [0.2, 0.25) is 0 Å². The zero-order valence-electron chi connectivity index (χ0n) is 12.9. The lowest BCUT2D eigenvalue weighted by Crippen LogP contribution is -2.33. The molecule has 0 amide bonds. The van der Waals surface area contributed by atoms with Crippen molar-refractivity contribution >= 4 is 11.6 Å². The highest BCUT2D eigenvalue weighted by atomic mass is 15.3. The van der Waals surface area contributed by atoms with E-state index in [4.69, 9.17) is 10.8 Å². The van der Waals surface area contributed by atoms with E-state index in [0.717, 1.165) is 24.3 Å². The highest BCUT2D eigenvalue weighted by Crippen LogP contribution is 2.23. The van der Waals surface area contributed by atoms with Crippen LogP contribution in [-0.2, 0) is 0 Å². The molecule has 0 aliphatic heterocycles.